The maximum absolute atomic E-state index is 12.1. The van der Waals surface area contributed by atoms with Crippen LogP contribution in [0.25, 0.3) is 0 Å². The molecule has 0 unspecified atom stereocenters. The van der Waals surface area contributed by atoms with E-state index in [1.165, 1.54) is 0 Å². The quantitative estimate of drug-likeness (QED) is 0.756. The molecule has 0 fully saturated rings. The Morgan fingerprint density at radius 3 is 2.22 bits per heavy atom. The molecule has 4 N–H and O–H groups in total. The van der Waals surface area contributed by atoms with Crippen LogP contribution in [0.15, 0.2) is 42.5 Å². The van der Waals surface area contributed by atoms with E-state index < -0.39 is 5.91 Å². The molecule has 2 aromatic rings. The van der Waals surface area contributed by atoms with Gasteiger partial charge in [-0.05, 0) is 50.3 Å². The summed E-state index contributed by atoms with van der Waals surface area (Å²) in [5.41, 5.74) is 8.59. The topological polar surface area (TPSA) is 84.2 Å². The lowest BCUT2D eigenvalue weighted by Gasteiger charge is -2.12. The van der Waals surface area contributed by atoms with E-state index in [9.17, 15) is 9.59 Å². The predicted octanol–water partition coefficient (Wildman–Crippen LogP) is 2.53. The molecule has 0 saturated heterocycles. The summed E-state index contributed by atoms with van der Waals surface area (Å²) in [6.07, 6.45) is 0. The lowest BCUT2D eigenvalue weighted by Crippen LogP contribution is -2.34. The van der Waals surface area contributed by atoms with E-state index in [0.29, 0.717) is 16.8 Å². The monoisotopic (exact) mass is 327 g/mol. The molecular weight excluding hydrogens is 310 g/mol. The van der Waals surface area contributed by atoms with Crippen molar-refractivity contribution in [2.45, 2.75) is 13.8 Å². The molecule has 5 nitrogen and oxygen atoms in total. The molecule has 0 bridgehead atoms. The van der Waals surface area contributed by atoms with Crippen molar-refractivity contribution in [1.29, 1.82) is 0 Å². The number of aryl methyl sites for hydroxylation is 2. The van der Waals surface area contributed by atoms with Crippen LogP contribution in [0.5, 0.6) is 0 Å². The first-order valence-electron chi connectivity index (χ1n) is 6.96. The van der Waals surface area contributed by atoms with Gasteiger partial charge in [-0.15, -0.1) is 0 Å². The number of amides is 2. The van der Waals surface area contributed by atoms with Crippen molar-refractivity contribution in [1.82, 2.24) is 5.32 Å². The molecule has 0 aliphatic carbocycles. The Labute approximate surface area is 139 Å². The van der Waals surface area contributed by atoms with Gasteiger partial charge in [0, 0.05) is 5.56 Å². The van der Waals surface area contributed by atoms with Crippen LogP contribution in [-0.4, -0.2) is 16.9 Å². The third-order valence-electron chi connectivity index (χ3n) is 3.23. The minimum absolute atomic E-state index is 0.0990. The molecule has 0 atom stereocenters. The molecule has 0 heterocycles. The summed E-state index contributed by atoms with van der Waals surface area (Å²) in [5.74, 6) is -0.890. The molecule has 0 spiro atoms. The van der Waals surface area contributed by atoms with E-state index in [1.54, 1.807) is 24.3 Å². The predicted molar refractivity (Wildman–Crippen MR) is 94.6 cm³/mol. The standard InChI is InChI=1S/C17H17N3O2S/c1-10-3-6-12(7-4-10)16(22)20-17(23)19-14-8-5-11(2)9-13(14)15(18)21/h3-9H,1-2H3,(H2,18,21)(H2,19,20,22,23). The lowest BCUT2D eigenvalue weighted by atomic mass is 10.1. The highest BCUT2D eigenvalue weighted by molar-refractivity contribution is 7.80. The van der Waals surface area contributed by atoms with Crippen molar-refractivity contribution in [3.8, 4) is 0 Å². The van der Waals surface area contributed by atoms with Crippen LogP contribution in [0.2, 0.25) is 0 Å². The number of hydrogen-bond donors (Lipinski definition) is 3. The van der Waals surface area contributed by atoms with Gasteiger partial charge < -0.3 is 11.1 Å². The molecule has 2 rings (SSSR count). The normalized spacial score (nSPS) is 10.0. The summed E-state index contributed by atoms with van der Waals surface area (Å²) in [6.45, 7) is 3.80. The number of benzene rings is 2. The number of nitrogens with two attached hydrogens (primary N) is 1. The summed E-state index contributed by atoms with van der Waals surface area (Å²) >= 11 is 5.12. The zero-order valence-electron chi connectivity index (χ0n) is 12.8. The average Bonchev–Trinajstić information content (AvgIpc) is 2.49. The van der Waals surface area contributed by atoms with Gasteiger partial charge in [-0.2, -0.15) is 0 Å². The third-order valence-corrected chi connectivity index (χ3v) is 3.43. The smallest absolute Gasteiger partial charge is 0.257 e. The zero-order chi connectivity index (χ0) is 17.0. The first kappa shape index (κ1) is 16.6. The number of hydrogen-bond acceptors (Lipinski definition) is 3. The highest BCUT2D eigenvalue weighted by atomic mass is 32.1. The maximum Gasteiger partial charge on any atom is 0.257 e. The van der Waals surface area contributed by atoms with Crippen LogP contribution >= 0.6 is 12.2 Å². The van der Waals surface area contributed by atoms with Gasteiger partial charge in [0.1, 0.15) is 0 Å². The third kappa shape index (κ3) is 4.37. The summed E-state index contributed by atoms with van der Waals surface area (Å²) < 4.78 is 0. The SMILES string of the molecule is Cc1ccc(C(=O)NC(=S)Nc2ccc(C)cc2C(N)=O)cc1. The fourth-order valence-corrected chi connectivity index (χ4v) is 2.21. The van der Waals surface area contributed by atoms with Crippen LogP contribution in [0.1, 0.15) is 31.8 Å². The van der Waals surface area contributed by atoms with E-state index in [4.69, 9.17) is 18.0 Å². The lowest BCUT2D eigenvalue weighted by molar-refractivity contribution is 0.0975. The number of primary amides is 1. The molecule has 0 radical (unpaired) electrons. The molecule has 0 aliphatic heterocycles. The Kier molecular flexibility index (Phi) is 5.08. The minimum Gasteiger partial charge on any atom is -0.366 e. The van der Waals surface area contributed by atoms with Crippen molar-refractivity contribution in [2.24, 2.45) is 5.73 Å². The van der Waals surface area contributed by atoms with Crippen molar-refractivity contribution >= 4 is 34.8 Å². The second-order valence-corrected chi connectivity index (χ2v) is 5.60. The van der Waals surface area contributed by atoms with Crippen LogP contribution in [-0.2, 0) is 0 Å². The number of carbonyl (C=O) groups excluding carboxylic acids is 2. The first-order chi connectivity index (χ1) is 10.9. The van der Waals surface area contributed by atoms with E-state index >= 15 is 0 Å². The molecule has 0 aromatic heterocycles. The van der Waals surface area contributed by atoms with Gasteiger partial charge in [0.2, 0.25) is 0 Å². The molecule has 0 saturated carbocycles. The second kappa shape index (κ2) is 7.02. The first-order valence-corrected chi connectivity index (χ1v) is 7.37. The summed E-state index contributed by atoms with van der Waals surface area (Å²) in [6, 6.07) is 12.3. The number of rotatable bonds is 3. The highest BCUT2D eigenvalue weighted by Gasteiger charge is 2.12. The number of carbonyl (C=O) groups is 2. The van der Waals surface area contributed by atoms with Gasteiger partial charge in [0.15, 0.2) is 5.11 Å². The molecule has 2 amide bonds. The second-order valence-electron chi connectivity index (χ2n) is 5.19. The summed E-state index contributed by atoms with van der Waals surface area (Å²) in [4.78, 5) is 23.6. The Morgan fingerprint density at radius 1 is 1.00 bits per heavy atom. The largest absolute Gasteiger partial charge is 0.366 e. The van der Waals surface area contributed by atoms with Gasteiger partial charge in [-0.1, -0.05) is 29.3 Å². The fraction of sp³-hybridized carbons (Fsp3) is 0.118. The molecular formula is C17H17N3O2S. The molecule has 0 aliphatic rings. The zero-order valence-corrected chi connectivity index (χ0v) is 13.7. The number of nitrogens with one attached hydrogen (secondary N) is 2. The van der Waals surface area contributed by atoms with Gasteiger partial charge in [0.25, 0.3) is 11.8 Å². The molecule has 118 valence electrons. The summed E-state index contributed by atoms with van der Waals surface area (Å²) in [7, 11) is 0. The van der Waals surface area contributed by atoms with Crippen LogP contribution in [0, 0.1) is 13.8 Å². The van der Waals surface area contributed by atoms with E-state index in [-0.39, 0.29) is 11.0 Å². The highest BCUT2D eigenvalue weighted by Crippen LogP contribution is 2.16. The average molecular weight is 327 g/mol. The van der Waals surface area contributed by atoms with Gasteiger partial charge >= 0.3 is 0 Å². The Hall–Kier alpha value is -2.73. The van der Waals surface area contributed by atoms with Crippen molar-refractivity contribution < 1.29 is 9.59 Å². The Morgan fingerprint density at radius 2 is 1.61 bits per heavy atom. The molecule has 6 heteroatoms. The van der Waals surface area contributed by atoms with Gasteiger partial charge in [-0.3, -0.25) is 14.9 Å². The number of anilines is 1. The summed E-state index contributed by atoms with van der Waals surface area (Å²) in [5, 5.41) is 5.50. The Balaban J connectivity index is 2.09. The van der Waals surface area contributed by atoms with Crippen molar-refractivity contribution in [2.75, 3.05) is 5.32 Å². The maximum atomic E-state index is 12.1. The van der Waals surface area contributed by atoms with Crippen LogP contribution in [0.4, 0.5) is 5.69 Å². The molecule has 2 aromatic carbocycles. The van der Waals surface area contributed by atoms with Crippen molar-refractivity contribution in [3.05, 3.63) is 64.7 Å². The number of thiocarbonyl (C=S) groups is 1. The van der Waals surface area contributed by atoms with Crippen LogP contribution in [0.3, 0.4) is 0 Å². The minimum atomic E-state index is -0.566. The van der Waals surface area contributed by atoms with E-state index in [2.05, 4.69) is 10.6 Å². The Bertz CT molecular complexity index is 770. The van der Waals surface area contributed by atoms with E-state index in [0.717, 1.165) is 11.1 Å². The van der Waals surface area contributed by atoms with Crippen LogP contribution < -0.4 is 16.4 Å². The van der Waals surface area contributed by atoms with E-state index in [1.807, 2.05) is 32.0 Å². The fourth-order valence-electron chi connectivity index (χ4n) is 2.00. The van der Waals surface area contributed by atoms with Gasteiger partial charge in [-0.25, -0.2) is 0 Å². The van der Waals surface area contributed by atoms with Crippen molar-refractivity contribution in [3.63, 3.8) is 0 Å². The molecule has 23 heavy (non-hydrogen) atoms. The van der Waals surface area contributed by atoms with Gasteiger partial charge in [0.05, 0.1) is 11.3 Å².